The van der Waals surface area contributed by atoms with Gasteiger partial charge in [0.15, 0.2) is 6.79 Å². The van der Waals surface area contributed by atoms with Crippen molar-refractivity contribution in [3.63, 3.8) is 0 Å². The molecule has 0 spiro atoms. The van der Waals surface area contributed by atoms with Gasteiger partial charge in [0.2, 0.25) is 0 Å². The van der Waals surface area contributed by atoms with E-state index in [4.69, 9.17) is 15.2 Å². The molecule has 0 saturated heterocycles. The van der Waals surface area contributed by atoms with Gasteiger partial charge in [-0.05, 0) is 36.6 Å². The molecule has 2 rings (SSSR count). The first-order valence-corrected chi connectivity index (χ1v) is 6.06. The van der Waals surface area contributed by atoms with Crippen molar-refractivity contribution in [3.05, 3.63) is 29.1 Å². The van der Waals surface area contributed by atoms with Gasteiger partial charge in [-0.3, -0.25) is 0 Å². The number of carbonyl (C=O) groups excluding carboxylic acids is 1. The summed E-state index contributed by atoms with van der Waals surface area (Å²) in [5, 5.41) is 0.957. The van der Waals surface area contributed by atoms with Crippen molar-refractivity contribution in [1.82, 2.24) is 0 Å². The minimum atomic E-state index is -0.363. The highest BCUT2D eigenvalue weighted by Crippen LogP contribution is 2.27. The van der Waals surface area contributed by atoms with Crippen LogP contribution in [0.5, 0.6) is 0 Å². The Kier molecular flexibility index (Phi) is 3.61. The van der Waals surface area contributed by atoms with E-state index in [0.29, 0.717) is 17.2 Å². The molecule has 0 aliphatic rings. The maximum absolute atomic E-state index is 11.7. The number of hydrogen-bond acceptors (Lipinski definition) is 5. The molecule has 1 heterocycles. The number of ether oxygens (including phenoxy) is 2. The van der Waals surface area contributed by atoms with Crippen molar-refractivity contribution in [2.24, 2.45) is 0 Å². The number of anilines is 1. The first-order valence-electron chi connectivity index (χ1n) is 5.24. The molecule has 0 unspecified atom stereocenters. The lowest BCUT2D eigenvalue weighted by Gasteiger charge is -2.01. The summed E-state index contributed by atoms with van der Waals surface area (Å²) in [7, 11) is 0. The molecule has 0 aliphatic heterocycles. The van der Waals surface area contributed by atoms with Gasteiger partial charge in [0.1, 0.15) is 4.88 Å². The predicted octanol–water partition coefficient (Wildman–Crippen LogP) is 2.63. The van der Waals surface area contributed by atoms with Gasteiger partial charge in [-0.2, -0.15) is 0 Å². The maximum atomic E-state index is 11.7. The van der Waals surface area contributed by atoms with E-state index in [1.54, 1.807) is 6.07 Å². The van der Waals surface area contributed by atoms with Crippen LogP contribution in [0.4, 0.5) is 5.69 Å². The molecular weight excluding hydrogens is 238 g/mol. The Bertz CT molecular complexity index is 536. The fourth-order valence-electron chi connectivity index (χ4n) is 1.41. The number of esters is 1. The van der Waals surface area contributed by atoms with Crippen molar-refractivity contribution in [2.75, 3.05) is 19.1 Å². The Morgan fingerprint density at radius 1 is 1.41 bits per heavy atom. The number of thiophene rings is 1. The van der Waals surface area contributed by atoms with Gasteiger partial charge in [-0.25, -0.2) is 4.79 Å². The largest absolute Gasteiger partial charge is 0.434 e. The molecule has 0 atom stereocenters. The third-order valence-corrected chi connectivity index (χ3v) is 3.32. The van der Waals surface area contributed by atoms with E-state index in [9.17, 15) is 4.79 Å². The lowest BCUT2D eigenvalue weighted by molar-refractivity contribution is -0.0270. The summed E-state index contributed by atoms with van der Waals surface area (Å²) in [5.74, 6) is -0.363. The number of benzene rings is 1. The molecule has 1 aromatic heterocycles. The Balaban J connectivity index is 2.15. The van der Waals surface area contributed by atoms with Gasteiger partial charge < -0.3 is 15.2 Å². The van der Waals surface area contributed by atoms with Crippen LogP contribution < -0.4 is 5.73 Å². The molecule has 5 heteroatoms. The predicted molar refractivity (Wildman–Crippen MR) is 68.1 cm³/mol. The topological polar surface area (TPSA) is 61.5 Å². The molecule has 0 radical (unpaired) electrons. The first-order chi connectivity index (χ1) is 8.20. The zero-order valence-corrected chi connectivity index (χ0v) is 10.3. The van der Waals surface area contributed by atoms with E-state index >= 15 is 0 Å². The Hall–Kier alpha value is -1.59. The number of hydrogen-bond donors (Lipinski definition) is 1. The number of rotatable bonds is 4. The van der Waals surface area contributed by atoms with Crippen LogP contribution in [0.15, 0.2) is 24.3 Å². The summed E-state index contributed by atoms with van der Waals surface area (Å²) in [6.45, 7) is 2.36. The van der Waals surface area contributed by atoms with Gasteiger partial charge >= 0.3 is 5.97 Å². The monoisotopic (exact) mass is 251 g/mol. The molecule has 0 aliphatic carbocycles. The van der Waals surface area contributed by atoms with Gasteiger partial charge in [0, 0.05) is 17.0 Å². The molecule has 0 fully saturated rings. The highest BCUT2D eigenvalue weighted by atomic mass is 32.1. The van der Waals surface area contributed by atoms with Gasteiger partial charge in [-0.1, -0.05) is 0 Å². The molecule has 0 amide bonds. The van der Waals surface area contributed by atoms with Crippen LogP contribution in [0.2, 0.25) is 0 Å². The second kappa shape index (κ2) is 5.16. The fraction of sp³-hybridized carbons (Fsp3) is 0.250. The Labute approximate surface area is 103 Å². The molecule has 1 aromatic carbocycles. The molecular formula is C12H13NO3S. The van der Waals surface area contributed by atoms with E-state index in [2.05, 4.69) is 0 Å². The summed E-state index contributed by atoms with van der Waals surface area (Å²) in [5.41, 5.74) is 6.36. The zero-order chi connectivity index (χ0) is 12.3. The average molecular weight is 251 g/mol. The second-order valence-electron chi connectivity index (χ2n) is 3.45. The van der Waals surface area contributed by atoms with Crippen molar-refractivity contribution in [1.29, 1.82) is 0 Å². The van der Waals surface area contributed by atoms with Crippen LogP contribution in [0.3, 0.4) is 0 Å². The van der Waals surface area contributed by atoms with Crippen molar-refractivity contribution in [2.45, 2.75) is 6.92 Å². The molecule has 4 nitrogen and oxygen atoms in total. The standard InChI is InChI=1S/C12H13NO3S/c1-2-15-7-16-12(14)11-6-8-5-9(13)3-4-10(8)17-11/h3-6H,2,7,13H2,1H3. The quantitative estimate of drug-likeness (QED) is 0.393. The maximum Gasteiger partial charge on any atom is 0.350 e. The van der Waals surface area contributed by atoms with Crippen molar-refractivity contribution >= 4 is 33.1 Å². The molecule has 0 bridgehead atoms. The van der Waals surface area contributed by atoms with E-state index in [0.717, 1.165) is 10.1 Å². The molecule has 0 saturated carbocycles. The van der Waals surface area contributed by atoms with Gasteiger partial charge in [-0.15, -0.1) is 11.3 Å². The third kappa shape index (κ3) is 2.75. The normalized spacial score (nSPS) is 10.6. The van der Waals surface area contributed by atoms with Gasteiger partial charge in [0.25, 0.3) is 0 Å². The van der Waals surface area contributed by atoms with E-state index in [-0.39, 0.29) is 12.8 Å². The Morgan fingerprint density at radius 3 is 3.00 bits per heavy atom. The van der Waals surface area contributed by atoms with Crippen LogP contribution in [0.1, 0.15) is 16.6 Å². The van der Waals surface area contributed by atoms with E-state index in [1.165, 1.54) is 11.3 Å². The fourth-order valence-corrected chi connectivity index (χ4v) is 2.35. The van der Waals surface area contributed by atoms with Crippen LogP contribution >= 0.6 is 11.3 Å². The summed E-state index contributed by atoms with van der Waals surface area (Å²) >= 11 is 1.39. The van der Waals surface area contributed by atoms with E-state index < -0.39 is 0 Å². The minimum absolute atomic E-state index is 0.00822. The van der Waals surface area contributed by atoms with E-state index in [1.807, 2.05) is 25.1 Å². The zero-order valence-electron chi connectivity index (χ0n) is 9.43. The second-order valence-corrected chi connectivity index (χ2v) is 4.53. The van der Waals surface area contributed by atoms with Crippen LogP contribution in [0.25, 0.3) is 10.1 Å². The number of fused-ring (bicyclic) bond motifs is 1. The molecule has 17 heavy (non-hydrogen) atoms. The molecule has 2 N–H and O–H groups in total. The van der Waals surface area contributed by atoms with Crippen molar-refractivity contribution in [3.8, 4) is 0 Å². The average Bonchev–Trinajstić information content (AvgIpc) is 2.72. The summed E-state index contributed by atoms with van der Waals surface area (Å²) in [6, 6.07) is 7.33. The van der Waals surface area contributed by atoms with Crippen LogP contribution in [0, 0.1) is 0 Å². The SMILES string of the molecule is CCOCOC(=O)c1cc2cc(N)ccc2s1. The summed E-state index contributed by atoms with van der Waals surface area (Å²) < 4.78 is 10.9. The smallest absolute Gasteiger partial charge is 0.350 e. The van der Waals surface area contributed by atoms with Gasteiger partial charge in [0.05, 0.1) is 0 Å². The number of nitrogens with two attached hydrogens (primary N) is 1. The van der Waals surface area contributed by atoms with Crippen LogP contribution in [-0.4, -0.2) is 19.4 Å². The molecule has 2 aromatic rings. The molecule has 90 valence electrons. The van der Waals surface area contributed by atoms with Crippen molar-refractivity contribution < 1.29 is 14.3 Å². The highest BCUT2D eigenvalue weighted by molar-refractivity contribution is 7.20. The van der Waals surface area contributed by atoms with Crippen LogP contribution in [-0.2, 0) is 9.47 Å². The number of nitrogen functional groups attached to an aromatic ring is 1. The highest BCUT2D eigenvalue weighted by Gasteiger charge is 2.11. The Morgan fingerprint density at radius 2 is 2.24 bits per heavy atom. The number of carbonyl (C=O) groups is 1. The summed E-state index contributed by atoms with van der Waals surface area (Å²) in [6.07, 6.45) is 0. The minimum Gasteiger partial charge on any atom is -0.434 e. The lowest BCUT2D eigenvalue weighted by Crippen LogP contribution is -2.06. The third-order valence-electron chi connectivity index (χ3n) is 2.22. The first kappa shape index (κ1) is 11.9. The lowest BCUT2D eigenvalue weighted by atomic mass is 10.2. The summed E-state index contributed by atoms with van der Waals surface area (Å²) in [4.78, 5) is 12.2.